The first kappa shape index (κ1) is 13.1. The van der Waals surface area contributed by atoms with Gasteiger partial charge in [0.05, 0.1) is 5.92 Å². The summed E-state index contributed by atoms with van der Waals surface area (Å²) < 4.78 is 43.0. The zero-order valence-electron chi connectivity index (χ0n) is 9.93. The fourth-order valence-corrected chi connectivity index (χ4v) is 3.16. The number of hydrogen-bond acceptors (Lipinski definition) is 2. The highest BCUT2D eigenvalue weighted by Gasteiger charge is 2.46. The highest BCUT2D eigenvalue weighted by atomic mass is 19.4. The third-order valence-corrected chi connectivity index (χ3v) is 4.41. The van der Waals surface area contributed by atoms with Crippen molar-refractivity contribution < 1.29 is 17.9 Å². The zero-order valence-corrected chi connectivity index (χ0v) is 9.93. The van der Waals surface area contributed by atoms with Crippen molar-refractivity contribution in [1.29, 1.82) is 0 Å². The minimum atomic E-state index is -4.04. The molecule has 17 heavy (non-hydrogen) atoms. The van der Waals surface area contributed by atoms with Gasteiger partial charge in [0.25, 0.3) is 0 Å². The molecule has 0 amide bonds. The highest BCUT2D eigenvalue weighted by molar-refractivity contribution is 4.97. The number of alkyl halides is 3. The van der Waals surface area contributed by atoms with Crippen molar-refractivity contribution in [3.8, 4) is 0 Å². The zero-order chi connectivity index (χ0) is 12.5. The van der Waals surface area contributed by atoms with E-state index in [0.717, 1.165) is 12.8 Å². The van der Waals surface area contributed by atoms with Crippen LogP contribution in [0.2, 0.25) is 0 Å². The molecule has 1 saturated carbocycles. The first-order valence-electron chi connectivity index (χ1n) is 6.35. The van der Waals surface area contributed by atoms with Crippen molar-refractivity contribution in [2.45, 2.75) is 50.2 Å². The Morgan fingerprint density at radius 1 is 1.00 bits per heavy atom. The molecule has 0 aromatic carbocycles. The van der Waals surface area contributed by atoms with Crippen LogP contribution in [-0.4, -0.2) is 24.9 Å². The van der Waals surface area contributed by atoms with Crippen LogP contribution in [0.3, 0.4) is 0 Å². The molecule has 5 heteroatoms. The van der Waals surface area contributed by atoms with Crippen LogP contribution in [0.25, 0.3) is 0 Å². The van der Waals surface area contributed by atoms with Crippen molar-refractivity contribution in [2.75, 3.05) is 13.2 Å². The van der Waals surface area contributed by atoms with Crippen LogP contribution in [0.15, 0.2) is 0 Å². The lowest BCUT2D eigenvalue weighted by atomic mass is 9.68. The number of rotatable bonds is 1. The SMILES string of the molecule is NC1(C2CCOCC2)CCC(C(F)(F)F)CC1. The van der Waals surface area contributed by atoms with Crippen LogP contribution in [-0.2, 0) is 4.74 Å². The molecule has 2 nitrogen and oxygen atoms in total. The summed E-state index contributed by atoms with van der Waals surface area (Å²) in [4.78, 5) is 0. The van der Waals surface area contributed by atoms with Crippen molar-refractivity contribution in [2.24, 2.45) is 17.6 Å². The van der Waals surface area contributed by atoms with Crippen molar-refractivity contribution in [3.63, 3.8) is 0 Å². The van der Waals surface area contributed by atoms with E-state index in [4.69, 9.17) is 10.5 Å². The summed E-state index contributed by atoms with van der Waals surface area (Å²) in [7, 11) is 0. The van der Waals surface area contributed by atoms with Crippen LogP contribution in [0.5, 0.6) is 0 Å². The fourth-order valence-electron chi connectivity index (χ4n) is 3.16. The molecule has 2 rings (SSSR count). The average Bonchev–Trinajstić information content (AvgIpc) is 2.29. The first-order chi connectivity index (χ1) is 7.92. The quantitative estimate of drug-likeness (QED) is 0.777. The van der Waals surface area contributed by atoms with E-state index in [2.05, 4.69) is 0 Å². The number of hydrogen-bond donors (Lipinski definition) is 1. The Kier molecular flexibility index (Phi) is 3.69. The van der Waals surface area contributed by atoms with Gasteiger partial charge in [0.2, 0.25) is 0 Å². The van der Waals surface area contributed by atoms with Crippen LogP contribution in [0, 0.1) is 11.8 Å². The van der Waals surface area contributed by atoms with Crippen LogP contribution >= 0.6 is 0 Å². The van der Waals surface area contributed by atoms with Crippen LogP contribution in [0.4, 0.5) is 13.2 Å². The maximum absolute atomic E-state index is 12.6. The van der Waals surface area contributed by atoms with Gasteiger partial charge < -0.3 is 10.5 Å². The lowest BCUT2D eigenvalue weighted by molar-refractivity contribution is -0.186. The summed E-state index contributed by atoms with van der Waals surface area (Å²) in [6.07, 6.45) is -0.865. The molecule has 0 radical (unpaired) electrons. The minimum absolute atomic E-state index is 0.192. The number of nitrogens with two attached hydrogens (primary N) is 1. The Balaban J connectivity index is 1.92. The molecule has 2 fully saturated rings. The van der Waals surface area contributed by atoms with Crippen LogP contribution < -0.4 is 5.73 Å². The Labute approximate surface area is 99.7 Å². The summed E-state index contributed by atoms with van der Waals surface area (Å²) in [6.45, 7) is 1.40. The average molecular weight is 251 g/mol. The second kappa shape index (κ2) is 4.76. The predicted molar refractivity (Wildman–Crippen MR) is 58.5 cm³/mol. The monoisotopic (exact) mass is 251 g/mol. The van der Waals surface area contributed by atoms with Gasteiger partial charge in [-0.2, -0.15) is 13.2 Å². The molecule has 1 aliphatic heterocycles. The van der Waals surface area contributed by atoms with E-state index in [1.54, 1.807) is 0 Å². The molecule has 100 valence electrons. The van der Waals surface area contributed by atoms with Crippen molar-refractivity contribution >= 4 is 0 Å². The maximum atomic E-state index is 12.6. The van der Waals surface area contributed by atoms with Gasteiger partial charge in [-0.1, -0.05) is 0 Å². The van der Waals surface area contributed by atoms with Gasteiger partial charge in [-0.15, -0.1) is 0 Å². The second-order valence-corrected chi connectivity index (χ2v) is 5.44. The summed E-state index contributed by atoms with van der Waals surface area (Å²) >= 11 is 0. The van der Waals surface area contributed by atoms with Crippen molar-refractivity contribution in [3.05, 3.63) is 0 Å². The van der Waals surface area contributed by atoms with Gasteiger partial charge in [0, 0.05) is 18.8 Å². The molecule has 2 N–H and O–H groups in total. The molecule has 0 unspecified atom stereocenters. The van der Waals surface area contributed by atoms with E-state index in [1.807, 2.05) is 0 Å². The Bertz CT molecular complexity index is 253. The smallest absolute Gasteiger partial charge is 0.381 e. The Hall–Kier alpha value is -0.290. The van der Waals surface area contributed by atoms with Gasteiger partial charge in [0.15, 0.2) is 0 Å². The summed E-state index contributed by atoms with van der Waals surface area (Å²) in [5.74, 6) is -0.801. The van der Waals surface area contributed by atoms with Crippen LogP contribution in [0.1, 0.15) is 38.5 Å². The summed E-state index contributed by atoms with van der Waals surface area (Å²) in [5, 5.41) is 0. The fraction of sp³-hybridized carbons (Fsp3) is 1.00. The minimum Gasteiger partial charge on any atom is -0.381 e. The number of ether oxygens (including phenoxy) is 1. The molecule has 0 atom stereocenters. The van der Waals surface area contributed by atoms with Crippen molar-refractivity contribution in [1.82, 2.24) is 0 Å². The second-order valence-electron chi connectivity index (χ2n) is 5.44. The molecule has 0 aromatic rings. The summed E-state index contributed by atoms with van der Waals surface area (Å²) in [6, 6.07) is 0. The lowest BCUT2D eigenvalue weighted by Gasteiger charge is -2.44. The third-order valence-electron chi connectivity index (χ3n) is 4.41. The Morgan fingerprint density at radius 2 is 1.53 bits per heavy atom. The number of halogens is 3. The molecule has 1 heterocycles. The first-order valence-corrected chi connectivity index (χ1v) is 6.35. The van der Waals surface area contributed by atoms with E-state index >= 15 is 0 Å². The Morgan fingerprint density at radius 3 is 2.00 bits per heavy atom. The molecular formula is C12H20F3NO. The molecule has 0 spiro atoms. The topological polar surface area (TPSA) is 35.2 Å². The van der Waals surface area contributed by atoms with E-state index in [0.29, 0.717) is 32.0 Å². The molecule has 1 saturated heterocycles. The lowest BCUT2D eigenvalue weighted by Crippen LogP contribution is -2.52. The van der Waals surface area contributed by atoms with Gasteiger partial charge >= 0.3 is 6.18 Å². The molecular weight excluding hydrogens is 231 g/mol. The van der Waals surface area contributed by atoms with E-state index in [1.165, 1.54) is 0 Å². The highest BCUT2D eigenvalue weighted by Crippen LogP contribution is 2.44. The molecule has 0 bridgehead atoms. The normalized spacial score (nSPS) is 37.1. The van der Waals surface area contributed by atoms with E-state index in [9.17, 15) is 13.2 Å². The maximum Gasteiger partial charge on any atom is 0.391 e. The van der Waals surface area contributed by atoms with E-state index in [-0.39, 0.29) is 18.4 Å². The van der Waals surface area contributed by atoms with Gasteiger partial charge in [-0.05, 0) is 44.4 Å². The predicted octanol–water partition coefficient (Wildman–Crippen LogP) is 2.86. The molecule has 1 aliphatic carbocycles. The molecule has 0 aromatic heterocycles. The summed E-state index contributed by atoms with van der Waals surface area (Å²) in [5.41, 5.74) is 5.93. The van der Waals surface area contributed by atoms with E-state index < -0.39 is 12.1 Å². The largest absolute Gasteiger partial charge is 0.391 e. The van der Waals surface area contributed by atoms with Gasteiger partial charge in [-0.3, -0.25) is 0 Å². The van der Waals surface area contributed by atoms with Gasteiger partial charge in [-0.25, -0.2) is 0 Å². The standard InChI is InChI=1S/C12H20F3NO/c13-12(14,15)10-1-5-11(16,6-2-10)9-3-7-17-8-4-9/h9-10H,1-8,16H2. The van der Waals surface area contributed by atoms with Gasteiger partial charge in [0.1, 0.15) is 0 Å². The molecule has 2 aliphatic rings. The third kappa shape index (κ3) is 2.94.